The molecule has 2 aromatic heterocycles. The number of benzene rings is 1. The summed E-state index contributed by atoms with van der Waals surface area (Å²) in [5.41, 5.74) is 4.65. The minimum Gasteiger partial charge on any atom is -0.386 e. The second-order valence-electron chi connectivity index (χ2n) is 9.27. The number of pyridine rings is 1. The van der Waals surface area contributed by atoms with Crippen molar-refractivity contribution in [2.45, 2.75) is 50.6 Å². The minimum absolute atomic E-state index is 0.0525. The maximum atomic E-state index is 14.2. The Bertz CT molecular complexity index is 1250. The molecule has 0 spiro atoms. The van der Waals surface area contributed by atoms with Gasteiger partial charge in [0, 0.05) is 37.6 Å². The predicted molar refractivity (Wildman–Crippen MR) is 129 cm³/mol. The van der Waals surface area contributed by atoms with Crippen LogP contribution in [0.15, 0.2) is 30.6 Å². The van der Waals surface area contributed by atoms with Crippen molar-refractivity contribution in [2.75, 3.05) is 35.7 Å². The first-order valence-corrected chi connectivity index (χ1v) is 11.9. The highest BCUT2D eigenvalue weighted by Crippen LogP contribution is 2.32. The van der Waals surface area contributed by atoms with Gasteiger partial charge < -0.3 is 25.6 Å². The summed E-state index contributed by atoms with van der Waals surface area (Å²) >= 11 is 0. The highest BCUT2D eigenvalue weighted by Gasteiger charge is 2.34. The molecular formula is C24H28FN7O2. The molecule has 6 rings (SSSR count). The van der Waals surface area contributed by atoms with E-state index in [1.165, 1.54) is 10.9 Å². The zero-order valence-electron chi connectivity index (χ0n) is 19.1. The smallest absolute Gasteiger partial charge is 0.328 e. The first-order valence-electron chi connectivity index (χ1n) is 11.9. The van der Waals surface area contributed by atoms with E-state index in [4.69, 9.17) is 9.72 Å². The van der Waals surface area contributed by atoms with Crippen LogP contribution in [0.1, 0.15) is 31.2 Å². The highest BCUT2D eigenvalue weighted by atomic mass is 19.1. The van der Waals surface area contributed by atoms with Crippen LogP contribution < -0.4 is 20.9 Å². The standard InChI is InChI=1S/C24H28FN7O2/c1-26-19-10-21-28-16-7-14(8-17(9-16)31-6-2-3-15(25)11-31)12-34-20-5-4-18(20)29-24(33)32-13-27-22(19)23(32)30-21/h7-10,13,15,18,20H,2-6,11-12H2,1H3,(H,29,33)(H2,26,28,30)/t15-,18-,20-/m1/s1. The Labute approximate surface area is 196 Å². The van der Waals surface area contributed by atoms with Crippen LogP contribution in [0.3, 0.4) is 0 Å². The van der Waals surface area contributed by atoms with Crippen molar-refractivity contribution >= 4 is 40.1 Å². The van der Waals surface area contributed by atoms with Gasteiger partial charge in [-0.05, 0) is 49.4 Å². The van der Waals surface area contributed by atoms with Gasteiger partial charge in [-0.2, -0.15) is 0 Å². The molecule has 1 saturated heterocycles. The van der Waals surface area contributed by atoms with E-state index in [2.05, 4.69) is 31.9 Å². The number of alkyl halides is 1. The van der Waals surface area contributed by atoms with Crippen molar-refractivity contribution in [2.24, 2.45) is 0 Å². The van der Waals surface area contributed by atoms with Crippen molar-refractivity contribution in [3.63, 3.8) is 0 Å². The summed E-state index contributed by atoms with van der Waals surface area (Å²) in [5, 5.41) is 9.60. The number of carbonyl (C=O) groups is 1. The number of rotatable bonds is 2. The van der Waals surface area contributed by atoms with Crippen LogP contribution in [0.2, 0.25) is 0 Å². The summed E-state index contributed by atoms with van der Waals surface area (Å²) in [6, 6.07) is 7.68. The largest absolute Gasteiger partial charge is 0.386 e. The van der Waals surface area contributed by atoms with E-state index in [-0.39, 0.29) is 18.2 Å². The lowest BCUT2D eigenvalue weighted by Gasteiger charge is -2.37. The molecule has 0 unspecified atom stereocenters. The number of hydrogen-bond donors (Lipinski definition) is 3. The number of carbonyl (C=O) groups excluding carboxylic acids is 1. The molecule has 4 heterocycles. The number of fused-ring (bicyclic) bond motifs is 4. The van der Waals surface area contributed by atoms with Gasteiger partial charge in [-0.1, -0.05) is 0 Å². The maximum absolute atomic E-state index is 14.2. The molecule has 4 bridgehead atoms. The molecule has 3 aliphatic rings. The van der Waals surface area contributed by atoms with Crippen molar-refractivity contribution in [1.29, 1.82) is 0 Å². The third-order valence-electron chi connectivity index (χ3n) is 6.96. The van der Waals surface area contributed by atoms with E-state index in [0.717, 1.165) is 48.4 Å². The van der Waals surface area contributed by atoms with Crippen molar-refractivity contribution < 1.29 is 13.9 Å². The fraction of sp³-hybridized carbons (Fsp3) is 0.458. The van der Waals surface area contributed by atoms with E-state index in [1.54, 1.807) is 0 Å². The molecule has 1 saturated carbocycles. The number of amides is 1. The number of nitrogens with zero attached hydrogens (tertiary/aromatic N) is 4. The van der Waals surface area contributed by atoms with Gasteiger partial charge in [0.2, 0.25) is 0 Å². The fourth-order valence-electron chi connectivity index (χ4n) is 4.98. The van der Waals surface area contributed by atoms with Gasteiger partial charge in [0.25, 0.3) is 0 Å². The zero-order chi connectivity index (χ0) is 23.2. The number of hydrogen-bond acceptors (Lipinski definition) is 7. The average molecular weight is 466 g/mol. The highest BCUT2D eigenvalue weighted by molar-refractivity contribution is 5.94. The van der Waals surface area contributed by atoms with Gasteiger partial charge >= 0.3 is 6.03 Å². The van der Waals surface area contributed by atoms with Crippen LogP contribution in [0.25, 0.3) is 11.2 Å². The number of imidazole rings is 1. The Morgan fingerprint density at radius 1 is 1.21 bits per heavy atom. The normalized spacial score (nSPS) is 24.6. The molecule has 3 N–H and O–H groups in total. The molecule has 1 amide bonds. The Kier molecular flexibility index (Phi) is 5.24. The molecule has 1 aromatic carbocycles. The first-order chi connectivity index (χ1) is 16.6. The Balaban J connectivity index is 1.44. The molecule has 3 atom stereocenters. The summed E-state index contributed by atoms with van der Waals surface area (Å²) < 4.78 is 21.8. The Hall–Kier alpha value is -3.40. The van der Waals surface area contributed by atoms with Gasteiger partial charge in [0.15, 0.2) is 5.65 Å². The summed E-state index contributed by atoms with van der Waals surface area (Å²) in [7, 11) is 1.81. The molecule has 3 aromatic rings. The Morgan fingerprint density at radius 3 is 2.91 bits per heavy atom. The minimum atomic E-state index is -0.815. The molecule has 10 heteroatoms. The van der Waals surface area contributed by atoms with Crippen LogP contribution in [-0.2, 0) is 11.3 Å². The molecule has 0 radical (unpaired) electrons. The van der Waals surface area contributed by atoms with Gasteiger partial charge in [-0.15, -0.1) is 0 Å². The summed E-state index contributed by atoms with van der Waals surface area (Å²) in [6.07, 6.45) is 3.84. The van der Waals surface area contributed by atoms with E-state index < -0.39 is 6.17 Å². The third-order valence-corrected chi connectivity index (χ3v) is 6.96. The fourth-order valence-corrected chi connectivity index (χ4v) is 4.98. The van der Waals surface area contributed by atoms with Crippen LogP contribution in [-0.4, -0.2) is 59.0 Å². The van der Waals surface area contributed by atoms with Crippen molar-refractivity contribution in [3.05, 3.63) is 36.2 Å². The molecule has 34 heavy (non-hydrogen) atoms. The monoisotopic (exact) mass is 465 g/mol. The number of anilines is 4. The van der Waals surface area contributed by atoms with Crippen LogP contribution in [0.5, 0.6) is 0 Å². The summed E-state index contributed by atoms with van der Waals surface area (Å²) in [5.74, 6) is 0.580. The second kappa shape index (κ2) is 8.43. The van der Waals surface area contributed by atoms with Gasteiger partial charge in [0.05, 0.1) is 24.4 Å². The molecule has 2 fully saturated rings. The molecule has 1 aliphatic carbocycles. The number of aromatic nitrogens is 3. The van der Waals surface area contributed by atoms with Crippen molar-refractivity contribution in [3.8, 4) is 0 Å². The van der Waals surface area contributed by atoms with E-state index in [1.807, 2.05) is 25.2 Å². The number of nitrogens with one attached hydrogen (secondary N) is 3. The van der Waals surface area contributed by atoms with Crippen LogP contribution in [0, 0.1) is 0 Å². The van der Waals surface area contributed by atoms with E-state index in [9.17, 15) is 9.18 Å². The van der Waals surface area contributed by atoms with Gasteiger partial charge in [0.1, 0.15) is 23.8 Å². The van der Waals surface area contributed by atoms with Crippen LogP contribution in [0.4, 0.5) is 32.1 Å². The summed E-state index contributed by atoms with van der Waals surface area (Å²) in [4.78, 5) is 24.2. The quantitative estimate of drug-likeness (QED) is 0.530. The number of ether oxygens (including phenoxy) is 1. The Morgan fingerprint density at radius 2 is 2.12 bits per heavy atom. The molecule has 178 valence electrons. The van der Waals surface area contributed by atoms with E-state index in [0.29, 0.717) is 36.6 Å². The third kappa shape index (κ3) is 3.81. The predicted octanol–water partition coefficient (Wildman–Crippen LogP) is 3.77. The zero-order valence-corrected chi connectivity index (χ0v) is 19.1. The average Bonchev–Trinajstić information content (AvgIpc) is 3.25. The van der Waals surface area contributed by atoms with Crippen molar-refractivity contribution in [1.82, 2.24) is 19.9 Å². The second-order valence-corrected chi connectivity index (χ2v) is 9.27. The first kappa shape index (κ1) is 21.2. The lowest BCUT2D eigenvalue weighted by molar-refractivity contribution is -0.0323. The SMILES string of the molecule is CNc1cc2nc3c1ncn3C(=O)N[C@@H]1CC[C@H]1OCc1cc(cc(N3CCC[C@@H](F)C3)c1)N2. The van der Waals surface area contributed by atoms with E-state index >= 15 is 0 Å². The number of halogens is 1. The maximum Gasteiger partial charge on any atom is 0.328 e. The lowest BCUT2D eigenvalue weighted by atomic mass is 9.89. The summed E-state index contributed by atoms with van der Waals surface area (Å²) in [6.45, 7) is 1.64. The molecule has 9 nitrogen and oxygen atoms in total. The molecular weight excluding hydrogens is 437 g/mol. The topological polar surface area (TPSA) is 96.3 Å². The number of piperidine rings is 1. The molecule has 2 aliphatic heterocycles. The van der Waals surface area contributed by atoms with Gasteiger partial charge in [-0.25, -0.2) is 23.7 Å². The van der Waals surface area contributed by atoms with Crippen LogP contribution >= 0.6 is 0 Å². The lowest BCUT2D eigenvalue weighted by Crippen LogP contribution is -2.52. The van der Waals surface area contributed by atoms with Gasteiger partial charge in [-0.3, -0.25) is 0 Å².